The summed E-state index contributed by atoms with van der Waals surface area (Å²) in [5, 5.41) is 4.42. The Morgan fingerprint density at radius 3 is 2.61 bits per heavy atom. The Labute approximate surface area is 183 Å². The number of sulfonamides is 1. The van der Waals surface area contributed by atoms with Gasteiger partial charge in [0.15, 0.2) is 0 Å². The Kier molecular flexibility index (Phi) is 5.03. The average molecular weight is 453 g/mol. The molecule has 0 aliphatic heterocycles. The maximum absolute atomic E-state index is 12.6. The third-order valence-electron chi connectivity index (χ3n) is 5.31. The smallest absolute Gasteiger partial charge is 0.264 e. The zero-order valence-corrected chi connectivity index (χ0v) is 18.4. The lowest BCUT2D eigenvalue weighted by Gasteiger charge is -2.18. The number of nitrogens with zero attached hydrogens (tertiary/aromatic N) is 4. The highest BCUT2D eigenvalue weighted by molar-refractivity contribution is 7.92. The van der Waals surface area contributed by atoms with Gasteiger partial charge in [0.1, 0.15) is 17.0 Å². The molecular formula is C21H20N6O2S2. The fourth-order valence-corrected chi connectivity index (χ4v) is 6.06. The molecule has 8 nitrogen and oxygen atoms in total. The van der Waals surface area contributed by atoms with Gasteiger partial charge in [0.05, 0.1) is 10.3 Å². The van der Waals surface area contributed by atoms with E-state index < -0.39 is 10.0 Å². The summed E-state index contributed by atoms with van der Waals surface area (Å²) in [4.78, 5) is 19.2. The lowest BCUT2D eigenvalue weighted by Crippen LogP contribution is -2.14. The molecule has 0 saturated carbocycles. The fraction of sp³-hybridized carbons (Fsp3) is 0.238. The van der Waals surface area contributed by atoms with Crippen molar-refractivity contribution in [3.63, 3.8) is 0 Å². The number of rotatable bonds is 5. The van der Waals surface area contributed by atoms with Crippen molar-refractivity contribution in [2.75, 3.05) is 10.0 Å². The standard InChI is InChI=1S/C21H20N6O2S2/c1-13-3-8-16-17(11-13)30-20-18(16)19(24-12-25-20)26-14-4-6-15(7-5-14)31(28,29)27-21-22-9-2-10-23-21/h2,4-7,9-10,12-13H,3,8,11H2,1H3,(H,22,23,27)(H,24,25,26). The molecule has 1 unspecified atom stereocenters. The lowest BCUT2D eigenvalue weighted by molar-refractivity contribution is 0.509. The van der Waals surface area contributed by atoms with E-state index in [9.17, 15) is 8.42 Å². The number of hydrogen-bond acceptors (Lipinski definition) is 8. The first-order chi connectivity index (χ1) is 15.0. The normalized spacial score (nSPS) is 16.1. The Morgan fingerprint density at radius 2 is 1.84 bits per heavy atom. The van der Waals surface area contributed by atoms with E-state index >= 15 is 0 Å². The molecule has 1 aliphatic rings. The summed E-state index contributed by atoms with van der Waals surface area (Å²) in [6, 6.07) is 8.13. The molecule has 1 aliphatic carbocycles. The molecule has 1 atom stereocenters. The van der Waals surface area contributed by atoms with E-state index in [1.54, 1.807) is 35.9 Å². The van der Waals surface area contributed by atoms with Crippen molar-refractivity contribution in [2.45, 2.75) is 31.1 Å². The summed E-state index contributed by atoms with van der Waals surface area (Å²) >= 11 is 1.74. The Bertz CT molecular complexity index is 1340. The van der Waals surface area contributed by atoms with Crippen LogP contribution in [0.3, 0.4) is 0 Å². The summed E-state index contributed by atoms with van der Waals surface area (Å²) in [7, 11) is -3.77. The lowest BCUT2D eigenvalue weighted by atomic mass is 9.89. The molecule has 4 aromatic rings. The number of fused-ring (bicyclic) bond motifs is 3. The minimum absolute atomic E-state index is 0.0321. The predicted molar refractivity (Wildman–Crippen MR) is 121 cm³/mol. The summed E-state index contributed by atoms with van der Waals surface area (Å²) < 4.78 is 27.5. The predicted octanol–water partition coefficient (Wildman–Crippen LogP) is 4.15. The number of anilines is 3. The van der Waals surface area contributed by atoms with Gasteiger partial charge < -0.3 is 5.32 Å². The van der Waals surface area contributed by atoms with Crippen molar-refractivity contribution < 1.29 is 8.42 Å². The van der Waals surface area contributed by atoms with Crippen molar-refractivity contribution in [1.29, 1.82) is 0 Å². The van der Waals surface area contributed by atoms with Crippen LogP contribution in [0.5, 0.6) is 0 Å². The van der Waals surface area contributed by atoms with Crippen molar-refractivity contribution in [1.82, 2.24) is 19.9 Å². The van der Waals surface area contributed by atoms with Crippen LogP contribution in [0.4, 0.5) is 17.5 Å². The molecule has 158 valence electrons. The van der Waals surface area contributed by atoms with E-state index in [2.05, 4.69) is 36.9 Å². The minimum Gasteiger partial charge on any atom is -0.340 e. The number of hydrogen-bond donors (Lipinski definition) is 2. The first-order valence-corrected chi connectivity index (χ1v) is 12.2. The fourth-order valence-electron chi connectivity index (χ4n) is 3.75. The molecule has 1 aromatic carbocycles. The molecule has 5 rings (SSSR count). The highest BCUT2D eigenvalue weighted by Gasteiger charge is 2.23. The molecule has 0 spiro atoms. The maximum atomic E-state index is 12.6. The van der Waals surface area contributed by atoms with Gasteiger partial charge in [0, 0.05) is 23.0 Å². The average Bonchev–Trinajstić information content (AvgIpc) is 3.13. The molecule has 0 bridgehead atoms. The van der Waals surface area contributed by atoms with Gasteiger partial charge in [-0.25, -0.2) is 33.1 Å². The summed E-state index contributed by atoms with van der Waals surface area (Å²) in [5.74, 6) is 1.47. The molecule has 0 saturated heterocycles. The van der Waals surface area contributed by atoms with Crippen LogP contribution < -0.4 is 10.0 Å². The van der Waals surface area contributed by atoms with Gasteiger partial charge in [-0.15, -0.1) is 11.3 Å². The van der Waals surface area contributed by atoms with E-state index in [1.165, 1.54) is 35.0 Å². The maximum Gasteiger partial charge on any atom is 0.264 e. The van der Waals surface area contributed by atoms with Crippen LogP contribution in [0.1, 0.15) is 23.8 Å². The summed E-state index contributed by atoms with van der Waals surface area (Å²) in [6.45, 7) is 2.28. The topological polar surface area (TPSA) is 110 Å². The first-order valence-electron chi connectivity index (χ1n) is 9.92. The van der Waals surface area contributed by atoms with Gasteiger partial charge in [-0.2, -0.15) is 0 Å². The number of nitrogens with one attached hydrogen (secondary N) is 2. The van der Waals surface area contributed by atoms with Crippen molar-refractivity contribution in [3.8, 4) is 0 Å². The molecule has 0 amide bonds. The highest BCUT2D eigenvalue weighted by Crippen LogP contribution is 2.40. The van der Waals surface area contributed by atoms with Gasteiger partial charge in [-0.1, -0.05) is 6.92 Å². The number of benzene rings is 1. The highest BCUT2D eigenvalue weighted by atomic mass is 32.2. The van der Waals surface area contributed by atoms with Crippen LogP contribution in [0.25, 0.3) is 10.2 Å². The number of aryl methyl sites for hydroxylation is 1. The van der Waals surface area contributed by atoms with Crippen LogP contribution in [-0.4, -0.2) is 28.4 Å². The molecular weight excluding hydrogens is 432 g/mol. The largest absolute Gasteiger partial charge is 0.340 e. The van der Waals surface area contributed by atoms with E-state index in [0.717, 1.165) is 41.0 Å². The Hall–Kier alpha value is -3.11. The van der Waals surface area contributed by atoms with Crippen molar-refractivity contribution in [3.05, 3.63) is 59.5 Å². The first kappa shape index (κ1) is 19.8. The minimum atomic E-state index is -3.77. The van der Waals surface area contributed by atoms with Crippen LogP contribution >= 0.6 is 11.3 Å². The second-order valence-electron chi connectivity index (χ2n) is 7.58. The van der Waals surface area contributed by atoms with Crippen LogP contribution in [-0.2, 0) is 22.9 Å². The second-order valence-corrected chi connectivity index (χ2v) is 10.3. The van der Waals surface area contributed by atoms with Crippen LogP contribution in [0, 0.1) is 5.92 Å². The molecule has 0 fully saturated rings. The van der Waals surface area contributed by atoms with E-state index in [1.807, 2.05) is 0 Å². The van der Waals surface area contributed by atoms with Crippen LogP contribution in [0.2, 0.25) is 0 Å². The zero-order chi connectivity index (χ0) is 21.4. The van der Waals surface area contributed by atoms with Gasteiger partial charge in [0.25, 0.3) is 10.0 Å². The van der Waals surface area contributed by atoms with Gasteiger partial charge in [0.2, 0.25) is 5.95 Å². The molecule has 10 heteroatoms. The SMILES string of the molecule is CC1CCc2c(sc3ncnc(Nc4ccc(S(=O)(=O)Nc5ncccn5)cc4)c23)C1. The molecule has 3 heterocycles. The van der Waals surface area contributed by atoms with Gasteiger partial charge in [-0.3, -0.25) is 0 Å². The van der Waals surface area contributed by atoms with Crippen molar-refractivity contribution in [2.24, 2.45) is 5.92 Å². The number of aromatic nitrogens is 4. The molecule has 0 radical (unpaired) electrons. The third kappa shape index (κ3) is 3.96. The van der Waals surface area contributed by atoms with E-state index in [-0.39, 0.29) is 10.8 Å². The quantitative estimate of drug-likeness (QED) is 0.468. The molecule has 3 aromatic heterocycles. The summed E-state index contributed by atoms with van der Waals surface area (Å²) in [5.41, 5.74) is 2.09. The van der Waals surface area contributed by atoms with Gasteiger partial charge in [-0.05, 0) is 61.1 Å². The molecule has 2 N–H and O–H groups in total. The Morgan fingerprint density at radius 1 is 1.06 bits per heavy atom. The van der Waals surface area contributed by atoms with E-state index in [0.29, 0.717) is 5.92 Å². The van der Waals surface area contributed by atoms with Crippen LogP contribution in [0.15, 0.2) is 53.9 Å². The third-order valence-corrected chi connectivity index (χ3v) is 7.82. The monoisotopic (exact) mass is 452 g/mol. The number of thiophene rings is 1. The second kappa shape index (κ2) is 7.86. The molecule has 31 heavy (non-hydrogen) atoms. The van der Waals surface area contributed by atoms with Crippen molar-refractivity contribution >= 4 is 49.0 Å². The zero-order valence-electron chi connectivity index (χ0n) is 16.7. The Balaban J connectivity index is 1.41. The van der Waals surface area contributed by atoms with Gasteiger partial charge >= 0.3 is 0 Å². The summed E-state index contributed by atoms with van der Waals surface area (Å²) in [6.07, 6.45) is 7.80. The van der Waals surface area contributed by atoms with E-state index in [4.69, 9.17) is 0 Å².